The van der Waals surface area contributed by atoms with Gasteiger partial charge in [0.05, 0.1) is 24.3 Å². The lowest BCUT2D eigenvalue weighted by molar-refractivity contribution is 0.0329. The Morgan fingerprint density at radius 1 is 1.00 bits per heavy atom. The molecule has 0 N–H and O–H groups in total. The largest absolute Gasteiger partial charge is 0.478 e. The first kappa shape index (κ1) is 20.2. The molecule has 0 unspecified atom stereocenters. The highest BCUT2D eigenvalue weighted by Crippen LogP contribution is 2.42. The molecule has 0 aromatic heterocycles. The second-order valence-electron chi connectivity index (χ2n) is 8.40. The van der Waals surface area contributed by atoms with Gasteiger partial charge in [-0.25, -0.2) is 0 Å². The van der Waals surface area contributed by atoms with E-state index in [9.17, 15) is 4.79 Å². The van der Waals surface area contributed by atoms with Crippen LogP contribution in [0.25, 0.3) is 6.08 Å². The topological polar surface area (TPSA) is 51.2 Å². The minimum Gasteiger partial charge on any atom is -0.478 e. The maximum absolute atomic E-state index is 12.9. The van der Waals surface area contributed by atoms with E-state index in [2.05, 4.69) is 9.80 Å². The molecule has 3 heterocycles. The molecular formula is C25H28N2O4. The van der Waals surface area contributed by atoms with Crippen molar-refractivity contribution in [2.45, 2.75) is 19.9 Å². The molecule has 1 fully saturated rings. The van der Waals surface area contributed by atoms with Crippen LogP contribution in [0.15, 0.2) is 42.2 Å². The zero-order valence-corrected chi connectivity index (χ0v) is 17.9. The summed E-state index contributed by atoms with van der Waals surface area (Å²) in [5.41, 5.74) is 3.73. The van der Waals surface area contributed by atoms with E-state index in [4.69, 9.17) is 14.2 Å². The molecule has 6 heteroatoms. The molecule has 5 rings (SSSR count). The number of rotatable bonds is 5. The van der Waals surface area contributed by atoms with E-state index in [-0.39, 0.29) is 5.78 Å². The van der Waals surface area contributed by atoms with Crippen LogP contribution in [0.2, 0.25) is 0 Å². The summed E-state index contributed by atoms with van der Waals surface area (Å²) in [6.07, 6.45) is 2.89. The Balaban J connectivity index is 1.28. The standard InChI is InChI=1S/C25H28N2O4/c1-18-3-5-19(6-4-18)15-23-24(28)20-7-8-22-21(25(20)31-23)16-27(17-30-22)10-2-9-26-11-13-29-14-12-26/h3-8,15H,2,9-14,16-17H2,1H3/b23-15-. The van der Waals surface area contributed by atoms with Gasteiger partial charge in [-0.15, -0.1) is 0 Å². The molecule has 0 saturated carbocycles. The van der Waals surface area contributed by atoms with Gasteiger partial charge in [-0.05, 0) is 43.7 Å². The number of hydrogen-bond donors (Lipinski definition) is 0. The van der Waals surface area contributed by atoms with E-state index in [0.717, 1.165) is 69.2 Å². The predicted molar refractivity (Wildman–Crippen MR) is 118 cm³/mol. The van der Waals surface area contributed by atoms with Crippen molar-refractivity contribution in [3.63, 3.8) is 0 Å². The third kappa shape index (κ3) is 4.37. The minimum atomic E-state index is -0.0668. The SMILES string of the molecule is Cc1ccc(/C=C2\Oc3c(ccc4c3CN(CCCN3CCOCC3)CO4)C2=O)cc1. The number of benzene rings is 2. The van der Waals surface area contributed by atoms with Gasteiger partial charge in [0.25, 0.3) is 0 Å². The van der Waals surface area contributed by atoms with Crippen LogP contribution in [0.1, 0.15) is 33.5 Å². The maximum atomic E-state index is 12.9. The van der Waals surface area contributed by atoms with E-state index in [1.165, 1.54) is 5.56 Å². The second kappa shape index (κ2) is 8.83. The highest BCUT2D eigenvalue weighted by atomic mass is 16.5. The Morgan fingerprint density at radius 2 is 1.77 bits per heavy atom. The van der Waals surface area contributed by atoms with Gasteiger partial charge in [-0.2, -0.15) is 0 Å². The molecule has 3 aliphatic heterocycles. The Kier molecular flexibility index (Phi) is 5.76. The molecule has 0 spiro atoms. The van der Waals surface area contributed by atoms with Crippen molar-refractivity contribution in [1.29, 1.82) is 0 Å². The highest BCUT2D eigenvalue weighted by Gasteiger charge is 2.33. The lowest BCUT2D eigenvalue weighted by atomic mass is 10.0. The van der Waals surface area contributed by atoms with Gasteiger partial charge >= 0.3 is 0 Å². The normalized spacial score (nSPS) is 20.3. The second-order valence-corrected chi connectivity index (χ2v) is 8.40. The van der Waals surface area contributed by atoms with Crippen molar-refractivity contribution in [3.05, 3.63) is 64.4 Å². The van der Waals surface area contributed by atoms with Gasteiger partial charge in [0.1, 0.15) is 18.2 Å². The third-order valence-electron chi connectivity index (χ3n) is 6.11. The van der Waals surface area contributed by atoms with E-state index < -0.39 is 0 Å². The molecule has 1 saturated heterocycles. The number of carbonyl (C=O) groups is 1. The number of carbonyl (C=O) groups excluding carboxylic acids is 1. The fraction of sp³-hybridized carbons (Fsp3) is 0.400. The first-order valence-electron chi connectivity index (χ1n) is 11.0. The van der Waals surface area contributed by atoms with Gasteiger partial charge in [-0.1, -0.05) is 29.8 Å². The Morgan fingerprint density at radius 3 is 2.58 bits per heavy atom. The van der Waals surface area contributed by atoms with Gasteiger partial charge < -0.3 is 14.2 Å². The quantitative estimate of drug-likeness (QED) is 0.691. The van der Waals surface area contributed by atoms with E-state index >= 15 is 0 Å². The van der Waals surface area contributed by atoms with Crippen LogP contribution in [-0.4, -0.2) is 61.7 Å². The number of morpholine rings is 1. The van der Waals surface area contributed by atoms with Gasteiger partial charge in [-0.3, -0.25) is 14.6 Å². The number of ketones is 1. The van der Waals surface area contributed by atoms with Crippen LogP contribution in [0.4, 0.5) is 0 Å². The molecule has 0 aliphatic carbocycles. The number of fused-ring (bicyclic) bond motifs is 3. The summed E-state index contributed by atoms with van der Waals surface area (Å²) < 4.78 is 17.5. The molecule has 0 bridgehead atoms. The highest BCUT2D eigenvalue weighted by molar-refractivity contribution is 6.15. The van der Waals surface area contributed by atoms with E-state index in [1.54, 1.807) is 0 Å². The Labute approximate surface area is 183 Å². The summed E-state index contributed by atoms with van der Waals surface area (Å²) in [6.45, 7) is 9.03. The Bertz CT molecular complexity index is 993. The van der Waals surface area contributed by atoms with Gasteiger partial charge in [0, 0.05) is 26.2 Å². The summed E-state index contributed by atoms with van der Waals surface area (Å²) in [5, 5.41) is 0. The van der Waals surface area contributed by atoms with E-state index in [1.807, 2.05) is 49.4 Å². The van der Waals surface area contributed by atoms with Crippen molar-refractivity contribution >= 4 is 11.9 Å². The number of Topliss-reactive ketones (excluding diaryl/α,β-unsaturated/α-hetero) is 1. The van der Waals surface area contributed by atoms with Crippen molar-refractivity contribution in [3.8, 4) is 11.5 Å². The van der Waals surface area contributed by atoms with Gasteiger partial charge in [0.15, 0.2) is 5.76 Å². The average Bonchev–Trinajstić information content (AvgIpc) is 3.12. The third-order valence-corrected chi connectivity index (χ3v) is 6.11. The monoisotopic (exact) mass is 420 g/mol. The first-order chi connectivity index (χ1) is 15.2. The number of allylic oxidation sites excluding steroid dienone is 1. The molecule has 2 aromatic rings. The van der Waals surface area contributed by atoms with Crippen LogP contribution < -0.4 is 9.47 Å². The van der Waals surface area contributed by atoms with Crippen LogP contribution in [0.3, 0.4) is 0 Å². The van der Waals surface area contributed by atoms with Crippen molar-refractivity contribution in [1.82, 2.24) is 9.80 Å². The summed E-state index contributed by atoms with van der Waals surface area (Å²) in [7, 11) is 0. The number of ether oxygens (including phenoxy) is 3. The number of aryl methyl sites for hydroxylation is 1. The van der Waals surface area contributed by atoms with Gasteiger partial charge in [0.2, 0.25) is 5.78 Å². The zero-order valence-electron chi connectivity index (χ0n) is 17.9. The van der Waals surface area contributed by atoms with Crippen molar-refractivity contribution in [2.75, 3.05) is 46.1 Å². The number of nitrogens with zero attached hydrogens (tertiary/aromatic N) is 2. The van der Waals surface area contributed by atoms with Crippen LogP contribution >= 0.6 is 0 Å². The maximum Gasteiger partial charge on any atom is 0.231 e. The lowest BCUT2D eigenvalue weighted by Gasteiger charge is -2.31. The lowest BCUT2D eigenvalue weighted by Crippen LogP contribution is -2.39. The molecule has 0 radical (unpaired) electrons. The van der Waals surface area contributed by atoms with E-state index in [0.29, 0.717) is 23.8 Å². The first-order valence-corrected chi connectivity index (χ1v) is 11.0. The van der Waals surface area contributed by atoms with Crippen LogP contribution in [0.5, 0.6) is 11.5 Å². The summed E-state index contributed by atoms with van der Waals surface area (Å²) in [6, 6.07) is 11.8. The van der Waals surface area contributed by atoms with Crippen LogP contribution in [-0.2, 0) is 11.3 Å². The molecule has 0 atom stereocenters. The molecular weight excluding hydrogens is 392 g/mol. The average molecular weight is 421 g/mol. The smallest absolute Gasteiger partial charge is 0.231 e. The Hall–Kier alpha value is -2.67. The summed E-state index contributed by atoms with van der Waals surface area (Å²) in [4.78, 5) is 17.6. The summed E-state index contributed by atoms with van der Waals surface area (Å²) >= 11 is 0. The molecule has 31 heavy (non-hydrogen) atoms. The molecule has 0 amide bonds. The van der Waals surface area contributed by atoms with Crippen molar-refractivity contribution in [2.24, 2.45) is 0 Å². The van der Waals surface area contributed by atoms with Crippen molar-refractivity contribution < 1.29 is 19.0 Å². The molecule has 3 aliphatic rings. The molecule has 6 nitrogen and oxygen atoms in total. The van der Waals surface area contributed by atoms with Crippen LogP contribution in [0, 0.1) is 6.92 Å². The fourth-order valence-electron chi connectivity index (χ4n) is 4.30. The number of hydrogen-bond acceptors (Lipinski definition) is 6. The molecule has 2 aromatic carbocycles. The minimum absolute atomic E-state index is 0.0668. The fourth-order valence-corrected chi connectivity index (χ4v) is 4.30. The predicted octanol–water partition coefficient (Wildman–Crippen LogP) is 3.49. The molecule has 162 valence electrons. The zero-order chi connectivity index (χ0) is 21.2. The summed E-state index contributed by atoms with van der Waals surface area (Å²) in [5.74, 6) is 1.77.